The van der Waals surface area contributed by atoms with Gasteiger partial charge in [-0.15, -0.1) is 12.4 Å². The van der Waals surface area contributed by atoms with Crippen molar-refractivity contribution in [2.24, 2.45) is 11.3 Å². The van der Waals surface area contributed by atoms with E-state index in [4.69, 9.17) is 0 Å². The molecule has 1 aromatic carbocycles. The number of carbonyl (C=O) groups is 2. The fourth-order valence-corrected chi connectivity index (χ4v) is 4.54. The predicted molar refractivity (Wildman–Crippen MR) is 103 cm³/mol. The smallest absolute Gasteiger partial charge is 0.256 e. The van der Waals surface area contributed by atoms with Crippen molar-refractivity contribution in [2.45, 2.75) is 25.7 Å². The van der Waals surface area contributed by atoms with Crippen molar-refractivity contribution >= 4 is 24.2 Å². The Balaban J connectivity index is 0.00000210. The van der Waals surface area contributed by atoms with Crippen LogP contribution in [0.2, 0.25) is 0 Å². The number of amides is 2. The summed E-state index contributed by atoms with van der Waals surface area (Å²) in [6.07, 6.45) is 3.94. The zero-order valence-corrected chi connectivity index (χ0v) is 16.3. The molecule has 1 unspecified atom stereocenters. The molecule has 7 heteroatoms. The van der Waals surface area contributed by atoms with Crippen molar-refractivity contribution in [3.05, 3.63) is 35.6 Å². The molecule has 2 amide bonds. The molecule has 5 nitrogen and oxygen atoms in total. The van der Waals surface area contributed by atoms with Gasteiger partial charge in [0.15, 0.2) is 0 Å². The third-order valence-corrected chi connectivity index (χ3v) is 6.29. The first-order valence-electron chi connectivity index (χ1n) is 9.64. The van der Waals surface area contributed by atoms with Gasteiger partial charge < -0.3 is 15.1 Å². The Morgan fingerprint density at radius 1 is 1.04 bits per heavy atom. The molecule has 1 aromatic rings. The van der Waals surface area contributed by atoms with Gasteiger partial charge in [-0.05, 0) is 56.3 Å². The first-order valence-corrected chi connectivity index (χ1v) is 9.64. The molecule has 1 N–H and O–H groups in total. The molecule has 2 aliphatic heterocycles. The quantitative estimate of drug-likeness (QED) is 0.836. The van der Waals surface area contributed by atoms with E-state index in [-0.39, 0.29) is 41.1 Å². The third kappa shape index (κ3) is 3.97. The molecular weight excluding hydrogens is 369 g/mol. The second kappa shape index (κ2) is 8.15. The van der Waals surface area contributed by atoms with Gasteiger partial charge >= 0.3 is 0 Å². The average Bonchev–Trinajstić information content (AvgIpc) is 3.40. The van der Waals surface area contributed by atoms with Crippen LogP contribution in [0, 0.1) is 17.2 Å². The van der Waals surface area contributed by atoms with Gasteiger partial charge in [0.25, 0.3) is 5.91 Å². The number of piperidine rings is 1. The highest BCUT2D eigenvalue weighted by Crippen LogP contribution is 2.59. The maximum absolute atomic E-state index is 13.9. The molecule has 0 bridgehead atoms. The van der Waals surface area contributed by atoms with Crippen molar-refractivity contribution in [2.75, 3.05) is 39.3 Å². The molecule has 1 atom stereocenters. The van der Waals surface area contributed by atoms with Gasteiger partial charge in [0.2, 0.25) is 5.91 Å². The zero-order valence-electron chi connectivity index (χ0n) is 15.5. The van der Waals surface area contributed by atoms with Crippen molar-refractivity contribution < 1.29 is 14.0 Å². The van der Waals surface area contributed by atoms with Gasteiger partial charge in [-0.3, -0.25) is 9.59 Å². The molecule has 1 saturated carbocycles. The lowest BCUT2D eigenvalue weighted by Gasteiger charge is -2.26. The summed E-state index contributed by atoms with van der Waals surface area (Å²) < 4.78 is 13.9. The van der Waals surface area contributed by atoms with Gasteiger partial charge in [-0.2, -0.15) is 0 Å². The normalized spacial score (nSPS) is 24.1. The minimum Gasteiger partial charge on any atom is -0.341 e. The van der Waals surface area contributed by atoms with Crippen LogP contribution in [-0.2, 0) is 4.79 Å². The highest BCUT2D eigenvalue weighted by atomic mass is 35.5. The highest BCUT2D eigenvalue weighted by molar-refractivity contribution is 5.94. The Morgan fingerprint density at radius 3 is 2.44 bits per heavy atom. The molecule has 148 valence electrons. The van der Waals surface area contributed by atoms with Gasteiger partial charge in [-0.1, -0.05) is 12.1 Å². The van der Waals surface area contributed by atoms with E-state index in [1.165, 1.54) is 12.1 Å². The molecular formula is C20H27ClFN3O2. The molecule has 2 saturated heterocycles. The van der Waals surface area contributed by atoms with Crippen LogP contribution in [0.25, 0.3) is 0 Å². The van der Waals surface area contributed by atoms with Crippen LogP contribution < -0.4 is 5.32 Å². The van der Waals surface area contributed by atoms with Crippen molar-refractivity contribution in [3.8, 4) is 0 Å². The predicted octanol–water partition coefficient (Wildman–Crippen LogP) is 2.31. The van der Waals surface area contributed by atoms with Gasteiger partial charge in [0.05, 0.1) is 5.56 Å². The van der Waals surface area contributed by atoms with Crippen LogP contribution in [0.1, 0.15) is 36.0 Å². The third-order valence-electron chi connectivity index (χ3n) is 6.29. The first-order chi connectivity index (χ1) is 12.6. The lowest BCUT2D eigenvalue weighted by Crippen LogP contribution is -2.39. The van der Waals surface area contributed by atoms with E-state index in [1.54, 1.807) is 17.0 Å². The number of halogens is 2. The van der Waals surface area contributed by atoms with Crippen LogP contribution in [0.3, 0.4) is 0 Å². The van der Waals surface area contributed by atoms with E-state index in [2.05, 4.69) is 5.32 Å². The minimum atomic E-state index is -0.486. The van der Waals surface area contributed by atoms with E-state index in [1.807, 2.05) is 4.90 Å². The van der Waals surface area contributed by atoms with Gasteiger partial charge in [-0.25, -0.2) is 4.39 Å². The number of benzene rings is 1. The number of nitrogens with one attached hydrogen (secondary N) is 1. The Labute approximate surface area is 165 Å². The molecule has 2 heterocycles. The van der Waals surface area contributed by atoms with Crippen LogP contribution >= 0.6 is 12.4 Å². The van der Waals surface area contributed by atoms with Crippen LogP contribution in [0.4, 0.5) is 4.39 Å². The fourth-order valence-electron chi connectivity index (χ4n) is 4.54. The van der Waals surface area contributed by atoms with Crippen molar-refractivity contribution in [3.63, 3.8) is 0 Å². The molecule has 0 radical (unpaired) electrons. The van der Waals surface area contributed by atoms with Crippen LogP contribution in [-0.4, -0.2) is 60.9 Å². The van der Waals surface area contributed by atoms with E-state index in [0.717, 1.165) is 38.8 Å². The molecule has 3 fully saturated rings. The maximum atomic E-state index is 13.9. The number of hydrogen-bond donors (Lipinski definition) is 1. The Kier molecular flexibility index (Phi) is 6.06. The summed E-state index contributed by atoms with van der Waals surface area (Å²) in [5.74, 6) is -0.343. The van der Waals surface area contributed by atoms with Crippen LogP contribution in [0.15, 0.2) is 24.3 Å². The van der Waals surface area contributed by atoms with E-state index in [9.17, 15) is 14.0 Å². The van der Waals surface area contributed by atoms with E-state index < -0.39 is 5.82 Å². The summed E-state index contributed by atoms with van der Waals surface area (Å²) in [5, 5.41) is 3.37. The second-order valence-electron chi connectivity index (χ2n) is 7.82. The van der Waals surface area contributed by atoms with Crippen molar-refractivity contribution in [1.82, 2.24) is 15.1 Å². The Morgan fingerprint density at radius 2 is 1.70 bits per heavy atom. The summed E-state index contributed by atoms with van der Waals surface area (Å²) >= 11 is 0. The topological polar surface area (TPSA) is 52.7 Å². The highest BCUT2D eigenvalue weighted by Gasteiger charge is 2.58. The SMILES string of the molecule is Cl.O=C(c1ccccc1F)N1CCCN(C(=O)C2CC23CCNCC3)CC1. The summed E-state index contributed by atoms with van der Waals surface area (Å²) in [6, 6.07) is 6.10. The molecule has 1 aliphatic carbocycles. The zero-order chi connectivity index (χ0) is 18.1. The Hall–Kier alpha value is -1.66. The lowest BCUT2D eigenvalue weighted by molar-refractivity contribution is -0.133. The molecule has 1 spiro atoms. The van der Waals surface area contributed by atoms with Gasteiger partial charge in [0, 0.05) is 32.1 Å². The second-order valence-corrected chi connectivity index (χ2v) is 7.82. The number of rotatable bonds is 2. The Bertz CT molecular complexity index is 708. The number of nitrogens with zero attached hydrogens (tertiary/aromatic N) is 2. The van der Waals surface area contributed by atoms with Crippen molar-refractivity contribution in [1.29, 1.82) is 0 Å². The monoisotopic (exact) mass is 395 g/mol. The molecule has 4 rings (SSSR count). The summed E-state index contributed by atoms with van der Waals surface area (Å²) in [4.78, 5) is 29.1. The van der Waals surface area contributed by atoms with E-state index >= 15 is 0 Å². The van der Waals surface area contributed by atoms with Crippen LogP contribution in [0.5, 0.6) is 0 Å². The molecule has 27 heavy (non-hydrogen) atoms. The van der Waals surface area contributed by atoms with E-state index in [0.29, 0.717) is 26.2 Å². The lowest BCUT2D eigenvalue weighted by atomic mass is 9.91. The maximum Gasteiger partial charge on any atom is 0.256 e. The summed E-state index contributed by atoms with van der Waals surface area (Å²) in [5.41, 5.74) is 0.347. The summed E-state index contributed by atoms with van der Waals surface area (Å²) in [7, 11) is 0. The first kappa shape index (κ1) is 20.1. The number of carbonyl (C=O) groups excluding carboxylic acids is 2. The van der Waals surface area contributed by atoms with Gasteiger partial charge in [0.1, 0.15) is 5.82 Å². The largest absolute Gasteiger partial charge is 0.341 e. The minimum absolute atomic E-state index is 0. The summed E-state index contributed by atoms with van der Waals surface area (Å²) in [6.45, 7) is 4.29. The number of hydrogen-bond acceptors (Lipinski definition) is 3. The molecule has 0 aromatic heterocycles. The molecule has 3 aliphatic rings. The fraction of sp³-hybridized carbons (Fsp3) is 0.600. The standard InChI is InChI=1S/C20H26FN3O2.ClH/c21-17-5-2-1-4-15(17)18(25)23-10-3-11-24(13-12-23)19(26)16-14-20(16)6-8-22-9-7-20;/h1-2,4-5,16,22H,3,6-14H2;1H. The average molecular weight is 396 g/mol.